The maximum Gasteiger partial charge on any atom is 0.240 e. The van der Waals surface area contributed by atoms with Gasteiger partial charge in [-0.25, -0.2) is 4.98 Å². The third-order valence-corrected chi connectivity index (χ3v) is 6.55. The molecular formula is C24H28N4O2S. The molecule has 0 saturated carbocycles. The van der Waals surface area contributed by atoms with Crippen LogP contribution in [-0.4, -0.2) is 34.1 Å². The summed E-state index contributed by atoms with van der Waals surface area (Å²) in [7, 11) is 1.66. The third kappa shape index (κ3) is 5.67. The van der Waals surface area contributed by atoms with Crippen molar-refractivity contribution in [1.29, 1.82) is 0 Å². The lowest BCUT2D eigenvalue weighted by Gasteiger charge is -2.13. The van der Waals surface area contributed by atoms with E-state index in [9.17, 15) is 4.79 Å². The molecule has 1 aliphatic carbocycles. The van der Waals surface area contributed by atoms with Crippen molar-refractivity contribution in [3.63, 3.8) is 0 Å². The van der Waals surface area contributed by atoms with Gasteiger partial charge in [0.25, 0.3) is 0 Å². The number of imidazole rings is 1. The summed E-state index contributed by atoms with van der Waals surface area (Å²) in [5.41, 5.74) is 4.38. The Hall–Kier alpha value is -2.80. The van der Waals surface area contributed by atoms with Crippen LogP contribution in [0.2, 0.25) is 0 Å². The molecule has 1 N–H and O–H groups in total. The zero-order valence-electron chi connectivity index (χ0n) is 17.8. The second-order valence-electron chi connectivity index (χ2n) is 7.69. The van der Waals surface area contributed by atoms with Crippen molar-refractivity contribution in [2.45, 2.75) is 49.6 Å². The molecule has 0 radical (unpaired) electrons. The molecular weight excluding hydrogens is 408 g/mol. The molecule has 2 aromatic heterocycles. The molecule has 31 heavy (non-hydrogen) atoms. The van der Waals surface area contributed by atoms with Crippen LogP contribution in [0.25, 0.3) is 11.0 Å². The van der Waals surface area contributed by atoms with E-state index in [0.29, 0.717) is 6.54 Å². The molecule has 7 heteroatoms. The highest BCUT2D eigenvalue weighted by molar-refractivity contribution is 7.98. The molecule has 0 atom stereocenters. The lowest BCUT2D eigenvalue weighted by molar-refractivity contribution is -0.121. The smallest absolute Gasteiger partial charge is 0.240 e. The third-order valence-electron chi connectivity index (χ3n) is 5.50. The molecule has 0 unspecified atom stereocenters. The Balaban J connectivity index is 1.41. The Morgan fingerprint density at radius 1 is 1.23 bits per heavy atom. The maximum atomic E-state index is 12.7. The molecule has 0 bridgehead atoms. The second kappa shape index (κ2) is 10.5. The first-order valence-electron chi connectivity index (χ1n) is 10.7. The van der Waals surface area contributed by atoms with Gasteiger partial charge in [-0.3, -0.25) is 9.78 Å². The number of nitrogens with zero attached hydrogens (tertiary/aromatic N) is 3. The molecule has 1 aromatic carbocycles. The number of fused-ring (bicyclic) bond motifs is 1. The van der Waals surface area contributed by atoms with Gasteiger partial charge in [-0.1, -0.05) is 35.5 Å². The van der Waals surface area contributed by atoms with Crippen molar-refractivity contribution in [3.8, 4) is 5.75 Å². The topological polar surface area (TPSA) is 69.0 Å². The highest BCUT2D eigenvalue weighted by atomic mass is 32.2. The molecule has 6 nitrogen and oxygen atoms in total. The van der Waals surface area contributed by atoms with E-state index < -0.39 is 0 Å². The Morgan fingerprint density at radius 2 is 2.10 bits per heavy atom. The van der Waals surface area contributed by atoms with Gasteiger partial charge < -0.3 is 14.6 Å². The Bertz CT molecular complexity index is 1060. The highest BCUT2D eigenvalue weighted by Gasteiger charge is 2.15. The van der Waals surface area contributed by atoms with Gasteiger partial charge in [0.15, 0.2) is 5.16 Å². The summed E-state index contributed by atoms with van der Waals surface area (Å²) in [6, 6.07) is 9.90. The lowest BCUT2D eigenvalue weighted by atomic mass is 9.97. The van der Waals surface area contributed by atoms with Crippen LogP contribution in [-0.2, 0) is 17.1 Å². The first-order chi connectivity index (χ1) is 15.2. The van der Waals surface area contributed by atoms with Gasteiger partial charge >= 0.3 is 0 Å². The lowest BCUT2D eigenvalue weighted by Crippen LogP contribution is -2.29. The first-order valence-corrected chi connectivity index (χ1v) is 11.7. The van der Waals surface area contributed by atoms with Crippen LogP contribution in [0.15, 0.2) is 59.5 Å². The minimum absolute atomic E-state index is 0.00543. The van der Waals surface area contributed by atoms with E-state index in [1.54, 1.807) is 31.3 Å². The molecule has 0 fully saturated rings. The summed E-state index contributed by atoms with van der Waals surface area (Å²) in [4.78, 5) is 21.6. The summed E-state index contributed by atoms with van der Waals surface area (Å²) < 4.78 is 7.19. The number of hydrogen-bond donors (Lipinski definition) is 1. The van der Waals surface area contributed by atoms with Crippen LogP contribution in [0.5, 0.6) is 5.75 Å². The molecule has 0 saturated heterocycles. The quantitative estimate of drug-likeness (QED) is 0.388. The van der Waals surface area contributed by atoms with Crippen molar-refractivity contribution in [2.24, 2.45) is 0 Å². The van der Waals surface area contributed by atoms with Crippen LogP contribution in [0.3, 0.4) is 0 Å². The number of methoxy groups -OCH3 is 1. The number of pyridine rings is 1. The zero-order chi connectivity index (χ0) is 21.5. The molecule has 2 heterocycles. The molecule has 1 amide bonds. The van der Waals surface area contributed by atoms with E-state index in [4.69, 9.17) is 9.72 Å². The maximum absolute atomic E-state index is 12.7. The number of nitrogens with one attached hydrogen (secondary N) is 1. The summed E-state index contributed by atoms with van der Waals surface area (Å²) in [5, 5.41) is 3.90. The first kappa shape index (κ1) is 21.4. The number of amides is 1. The van der Waals surface area contributed by atoms with E-state index in [-0.39, 0.29) is 12.5 Å². The minimum atomic E-state index is 0.00543. The number of benzene rings is 1. The Morgan fingerprint density at radius 3 is 2.87 bits per heavy atom. The minimum Gasteiger partial charge on any atom is -0.497 e. The van der Waals surface area contributed by atoms with Crippen molar-refractivity contribution in [1.82, 2.24) is 19.9 Å². The number of rotatable bonds is 9. The predicted molar refractivity (Wildman–Crippen MR) is 124 cm³/mol. The summed E-state index contributed by atoms with van der Waals surface area (Å²) >= 11 is 1.62. The van der Waals surface area contributed by atoms with Crippen molar-refractivity contribution < 1.29 is 9.53 Å². The number of aromatic nitrogens is 3. The predicted octanol–water partition coefficient (Wildman–Crippen LogP) is 4.74. The number of carbonyl (C=O) groups excluding carboxylic acids is 1. The van der Waals surface area contributed by atoms with E-state index in [0.717, 1.165) is 34.1 Å². The molecule has 4 rings (SSSR count). The van der Waals surface area contributed by atoms with Gasteiger partial charge in [-0.2, -0.15) is 0 Å². The fourth-order valence-electron chi connectivity index (χ4n) is 3.77. The standard InChI is InChI=1S/C24H28N4O2S/c1-30-20-9-7-19(8-10-20)17-31-24-27-21-12-13-25-15-22(21)28(24)16-23(29)26-14-11-18-5-3-2-4-6-18/h5,7-10,12-13,15H,2-4,6,11,14,16-17H2,1H3,(H,26,29). The molecule has 0 spiro atoms. The van der Waals surface area contributed by atoms with Crippen LogP contribution < -0.4 is 10.1 Å². The van der Waals surface area contributed by atoms with Crippen LogP contribution in [0.1, 0.15) is 37.7 Å². The number of allylic oxidation sites excluding steroid dienone is 1. The fourth-order valence-corrected chi connectivity index (χ4v) is 4.74. The van der Waals surface area contributed by atoms with Gasteiger partial charge in [-0.15, -0.1) is 0 Å². The number of thioether (sulfide) groups is 1. The van der Waals surface area contributed by atoms with Crippen molar-refractivity contribution in [2.75, 3.05) is 13.7 Å². The monoisotopic (exact) mass is 436 g/mol. The van der Waals surface area contributed by atoms with E-state index in [2.05, 4.69) is 16.4 Å². The second-order valence-corrected chi connectivity index (χ2v) is 8.63. The summed E-state index contributed by atoms with van der Waals surface area (Å²) in [6.45, 7) is 0.927. The van der Waals surface area contributed by atoms with Crippen LogP contribution >= 0.6 is 11.8 Å². The Kier molecular flexibility index (Phi) is 7.25. The summed E-state index contributed by atoms with van der Waals surface area (Å²) in [5.74, 6) is 1.61. The van der Waals surface area contributed by atoms with Gasteiger partial charge in [0.05, 0.1) is 24.3 Å². The number of ether oxygens (including phenoxy) is 1. The van der Waals surface area contributed by atoms with Crippen LogP contribution in [0, 0.1) is 0 Å². The normalized spacial score (nSPS) is 13.8. The van der Waals surface area contributed by atoms with Gasteiger partial charge in [0.1, 0.15) is 12.3 Å². The van der Waals surface area contributed by atoms with Gasteiger partial charge in [-0.05, 0) is 55.9 Å². The fraction of sp³-hybridized carbons (Fsp3) is 0.375. The van der Waals surface area contributed by atoms with E-state index in [1.165, 1.54) is 36.8 Å². The largest absolute Gasteiger partial charge is 0.497 e. The van der Waals surface area contributed by atoms with E-state index >= 15 is 0 Å². The Labute approximate surface area is 187 Å². The zero-order valence-corrected chi connectivity index (χ0v) is 18.7. The number of carbonyl (C=O) groups is 1. The molecule has 1 aliphatic rings. The average molecular weight is 437 g/mol. The van der Waals surface area contributed by atoms with Crippen molar-refractivity contribution in [3.05, 3.63) is 59.9 Å². The summed E-state index contributed by atoms with van der Waals surface area (Å²) in [6.07, 6.45) is 11.7. The molecule has 3 aromatic rings. The van der Waals surface area contributed by atoms with E-state index in [1.807, 2.05) is 34.9 Å². The highest BCUT2D eigenvalue weighted by Crippen LogP contribution is 2.27. The van der Waals surface area contributed by atoms with Gasteiger partial charge in [0.2, 0.25) is 5.91 Å². The van der Waals surface area contributed by atoms with Crippen molar-refractivity contribution >= 4 is 28.7 Å². The molecule has 162 valence electrons. The number of hydrogen-bond acceptors (Lipinski definition) is 5. The average Bonchev–Trinajstić information content (AvgIpc) is 3.16. The SMILES string of the molecule is COc1ccc(CSc2nc3ccncc3n2CC(=O)NCCC2=CCCCC2)cc1. The van der Waals surface area contributed by atoms with Crippen LogP contribution in [0.4, 0.5) is 0 Å². The van der Waals surface area contributed by atoms with Gasteiger partial charge in [0, 0.05) is 18.5 Å². The molecule has 0 aliphatic heterocycles.